The second-order valence-electron chi connectivity index (χ2n) is 6.39. The normalized spacial score (nSPS) is 19.6. The summed E-state index contributed by atoms with van der Waals surface area (Å²) in [7, 11) is 1.87. The van der Waals surface area contributed by atoms with Crippen molar-refractivity contribution in [3.63, 3.8) is 0 Å². The Morgan fingerprint density at radius 1 is 1.35 bits per heavy atom. The second kappa shape index (κ2) is 9.22. The van der Waals surface area contributed by atoms with Gasteiger partial charge in [0.1, 0.15) is 0 Å². The third-order valence-corrected chi connectivity index (χ3v) is 5.62. The smallest absolute Gasteiger partial charge is 0.193 e. The molecule has 0 spiro atoms. The van der Waals surface area contributed by atoms with Crippen molar-refractivity contribution >= 4 is 41.3 Å². The molecule has 3 rings (SSSR count). The zero-order chi connectivity index (χ0) is 15.4. The maximum absolute atomic E-state index is 6.02. The van der Waals surface area contributed by atoms with Crippen LogP contribution in [0.15, 0.2) is 16.4 Å². The number of nitrogens with zero attached hydrogens (tertiary/aromatic N) is 2. The van der Waals surface area contributed by atoms with Crippen molar-refractivity contribution in [3.8, 4) is 0 Å². The number of nitrogens with one attached hydrogen (secondary N) is 1. The number of ether oxygens (including phenoxy) is 1. The van der Waals surface area contributed by atoms with Crippen molar-refractivity contribution in [1.29, 1.82) is 0 Å². The summed E-state index contributed by atoms with van der Waals surface area (Å²) in [5.74, 6) is 1.88. The van der Waals surface area contributed by atoms with Gasteiger partial charge in [0, 0.05) is 31.6 Å². The fraction of sp³-hybridized carbons (Fsp3) is 0.706. The Labute approximate surface area is 160 Å². The van der Waals surface area contributed by atoms with Crippen LogP contribution in [0.25, 0.3) is 0 Å². The van der Waals surface area contributed by atoms with Gasteiger partial charge in [0.15, 0.2) is 5.96 Å². The minimum Gasteiger partial charge on any atom is -0.378 e. The predicted octanol–water partition coefficient (Wildman–Crippen LogP) is 3.64. The Kier molecular flexibility index (Phi) is 7.62. The molecule has 0 unspecified atom stereocenters. The van der Waals surface area contributed by atoms with Crippen LogP contribution in [0.4, 0.5) is 0 Å². The lowest BCUT2D eigenvalue weighted by Gasteiger charge is -2.34. The SMILES string of the molecule is CN=C(NCc1sccc1C)N1CCC(OCC2CC2)CC1.I. The molecule has 2 aliphatic rings. The summed E-state index contributed by atoms with van der Waals surface area (Å²) in [5, 5.41) is 5.65. The van der Waals surface area contributed by atoms with E-state index in [2.05, 4.69) is 33.6 Å². The van der Waals surface area contributed by atoms with E-state index >= 15 is 0 Å². The Balaban J connectivity index is 0.00000192. The molecular formula is C17H28IN3OS. The quantitative estimate of drug-likeness (QED) is 0.424. The van der Waals surface area contributed by atoms with Crippen LogP contribution in [0.3, 0.4) is 0 Å². The lowest BCUT2D eigenvalue weighted by Crippen LogP contribution is -2.46. The number of hydrogen-bond donors (Lipinski definition) is 1. The predicted molar refractivity (Wildman–Crippen MR) is 108 cm³/mol. The molecule has 1 N–H and O–H groups in total. The molecule has 0 radical (unpaired) electrons. The van der Waals surface area contributed by atoms with Gasteiger partial charge in [-0.05, 0) is 55.5 Å². The van der Waals surface area contributed by atoms with Crippen molar-refractivity contribution in [2.75, 3.05) is 26.7 Å². The van der Waals surface area contributed by atoms with E-state index in [1.807, 2.05) is 18.4 Å². The highest BCUT2D eigenvalue weighted by Gasteiger charge is 2.26. The summed E-state index contributed by atoms with van der Waals surface area (Å²) in [6.07, 6.45) is 5.43. The molecule has 23 heavy (non-hydrogen) atoms. The van der Waals surface area contributed by atoms with Crippen LogP contribution in [0.1, 0.15) is 36.1 Å². The molecule has 0 atom stereocenters. The summed E-state index contributed by atoms with van der Waals surface area (Å²) in [5.41, 5.74) is 1.36. The minimum absolute atomic E-state index is 0. The Morgan fingerprint density at radius 3 is 2.65 bits per heavy atom. The van der Waals surface area contributed by atoms with E-state index < -0.39 is 0 Å². The number of aliphatic imine (C=N–C) groups is 1. The van der Waals surface area contributed by atoms with Crippen molar-refractivity contribution in [3.05, 3.63) is 21.9 Å². The first-order valence-electron chi connectivity index (χ1n) is 8.36. The Bertz CT molecular complexity index is 508. The molecule has 2 heterocycles. The van der Waals surface area contributed by atoms with Gasteiger partial charge in [0.25, 0.3) is 0 Å². The van der Waals surface area contributed by atoms with E-state index in [0.717, 1.165) is 51.0 Å². The summed E-state index contributed by atoms with van der Waals surface area (Å²) in [6, 6.07) is 2.17. The van der Waals surface area contributed by atoms with Gasteiger partial charge < -0.3 is 15.0 Å². The lowest BCUT2D eigenvalue weighted by atomic mass is 10.1. The van der Waals surface area contributed by atoms with E-state index in [-0.39, 0.29) is 24.0 Å². The first-order chi connectivity index (χ1) is 10.8. The molecule has 0 amide bonds. The number of piperidine rings is 1. The van der Waals surface area contributed by atoms with Crippen molar-refractivity contribution in [2.45, 2.75) is 45.3 Å². The molecule has 0 bridgehead atoms. The number of halogens is 1. The molecule has 0 aromatic carbocycles. The van der Waals surface area contributed by atoms with Gasteiger partial charge in [0.2, 0.25) is 0 Å². The van der Waals surface area contributed by atoms with Gasteiger partial charge in [-0.3, -0.25) is 4.99 Å². The molecular weight excluding hydrogens is 421 g/mol. The standard InChI is InChI=1S/C17H27N3OS.HI/c1-13-7-10-22-16(13)11-19-17(18-2)20-8-5-15(6-9-20)21-12-14-3-4-14;/h7,10,14-15H,3-6,8-9,11-12H2,1-2H3,(H,18,19);1H. The molecule has 1 saturated heterocycles. The highest BCUT2D eigenvalue weighted by molar-refractivity contribution is 14.0. The molecule has 1 aromatic rings. The molecule has 1 aliphatic heterocycles. The maximum atomic E-state index is 6.02. The summed E-state index contributed by atoms with van der Waals surface area (Å²) in [6.45, 7) is 6.10. The lowest BCUT2D eigenvalue weighted by molar-refractivity contribution is 0.0131. The van der Waals surface area contributed by atoms with Crippen molar-refractivity contribution in [2.24, 2.45) is 10.9 Å². The molecule has 4 nitrogen and oxygen atoms in total. The number of guanidine groups is 1. The average molecular weight is 449 g/mol. The van der Waals surface area contributed by atoms with E-state index in [4.69, 9.17) is 4.74 Å². The fourth-order valence-corrected chi connectivity index (χ4v) is 3.71. The minimum atomic E-state index is 0. The van der Waals surface area contributed by atoms with Crippen molar-refractivity contribution in [1.82, 2.24) is 10.2 Å². The largest absolute Gasteiger partial charge is 0.378 e. The van der Waals surface area contributed by atoms with Crippen LogP contribution in [0, 0.1) is 12.8 Å². The highest BCUT2D eigenvalue weighted by Crippen LogP contribution is 2.30. The molecule has 1 aliphatic carbocycles. The number of hydrogen-bond acceptors (Lipinski definition) is 3. The van der Waals surface area contributed by atoms with Crippen LogP contribution in [0.5, 0.6) is 0 Å². The van der Waals surface area contributed by atoms with Crippen LogP contribution in [0.2, 0.25) is 0 Å². The molecule has 1 aromatic heterocycles. The van der Waals surface area contributed by atoms with Gasteiger partial charge in [-0.1, -0.05) is 0 Å². The third-order valence-electron chi connectivity index (χ3n) is 4.59. The highest BCUT2D eigenvalue weighted by atomic mass is 127. The first kappa shape index (κ1) is 19.0. The third kappa shape index (κ3) is 5.60. The van der Waals surface area contributed by atoms with Gasteiger partial charge in [-0.2, -0.15) is 0 Å². The average Bonchev–Trinajstić information content (AvgIpc) is 3.29. The molecule has 1 saturated carbocycles. The second-order valence-corrected chi connectivity index (χ2v) is 7.39. The monoisotopic (exact) mass is 449 g/mol. The Morgan fingerprint density at radius 2 is 2.09 bits per heavy atom. The summed E-state index contributed by atoms with van der Waals surface area (Å²) >= 11 is 1.81. The first-order valence-corrected chi connectivity index (χ1v) is 9.24. The van der Waals surface area contributed by atoms with E-state index in [0.29, 0.717) is 6.10 Å². The van der Waals surface area contributed by atoms with Crippen LogP contribution in [-0.4, -0.2) is 43.7 Å². The number of thiophene rings is 1. The van der Waals surface area contributed by atoms with E-state index in [1.165, 1.54) is 23.3 Å². The zero-order valence-corrected chi connectivity index (χ0v) is 17.2. The van der Waals surface area contributed by atoms with Gasteiger partial charge in [-0.15, -0.1) is 35.3 Å². The maximum Gasteiger partial charge on any atom is 0.193 e. The molecule has 6 heteroatoms. The molecule has 2 fully saturated rings. The van der Waals surface area contributed by atoms with Crippen LogP contribution < -0.4 is 5.32 Å². The summed E-state index contributed by atoms with van der Waals surface area (Å²) in [4.78, 5) is 8.20. The fourth-order valence-electron chi connectivity index (χ4n) is 2.87. The van der Waals surface area contributed by atoms with Crippen molar-refractivity contribution < 1.29 is 4.74 Å². The van der Waals surface area contributed by atoms with Gasteiger partial charge >= 0.3 is 0 Å². The number of rotatable bonds is 5. The van der Waals surface area contributed by atoms with E-state index in [1.54, 1.807) is 0 Å². The topological polar surface area (TPSA) is 36.9 Å². The summed E-state index contributed by atoms with van der Waals surface area (Å²) < 4.78 is 6.02. The Hall–Kier alpha value is -0.340. The van der Waals surface area contributed by atoms with Gasteiger partial charge in [-0.25, -0.2) is 0 Å². The zero-order valence-electron chi connectivity index (χ0n) is 14.1. The van der Waals surface area contributed by atoms with E-state index in [9.17, 15) is 0 Å². The van der Waals surface area contributed by atoms with Crippen LogP contribution in [-0.2, 0) is 11.3 Å². The van der Waals surface area contributed by atoms with Gasteiger partial charge in [0.05, 0.1) is 12.6 Å². The number of likely N-dealkylation sites (tertiary alicyclic amines) is 1. The molecule has 130 valence electrons. The van der Waals surface area contributed by atoms with Crippen LogP contribution >= 0.6 is 35.3 Å². The number of aryl methyl sites for hydroxylation is 1.